The van der Waals surface area contributed by atoms with Gasteiger partial charge in [0.05, 0.1) is 0 Å². The highest BCUT2D eigenvalue weighted by Crippen LogP contribution is 2.20. The van der Waals surface area contributed by atoms with Gasteiger partial charge in [-0.1, -0.05) is 72.8 Å². The van der Waals surface area contributed by atoms with Crippen LogP contribution in [0.25, 0.3) is 11.1 Å². The van der Waals surface area contributed by atoms with Crippen molar-refractivity contribution in [3.63, 3.8) is 0 Å². The fourth-order valence-electron chi connectivity index (χ4n) is 2.61. The second kappa shape index (κ2) is 6.93. The highest BCUT2D eigenvalue weighted by atomic mass is 16.2. The SMILES string of the molecule is CN(Cc1ccccc1)C(=O)c1cccc(-c2ccccc2)c1. The highest BCUT2D eigenvalue weighted by Gasteiger charge is 2.12. The molecule has 2 nitrogen and oxygen atoms in total. The van der Waals surface area contributed by atoms with Crippen LogP contribution in [0.3, 0.4) is 0 Å². The van der Waals surface area contributed by atoms with Gasteiger partial charge in [0.25, 0.3) is 5.91 Å². The molecule has 0 bridgehead atoms. The number of rotatable bonds is 4. The smallest absolute Gasteiger partial charge is 0.253 e. The minimum Gasteiger partial charge on any atom is -0.337 e. The van der Waals surface area contributed by atoms with E-state index in [2.05, 4.69) is 12.1 Å². The molecule has 0 aliphatic rings. The van der Waals surface area contributed by atoms with Gasteiger partial charge >= 0.3 is 0 Å². The predicted molar refractivity (Wildman–Crippen MR) is 94.1 cm³/mol. The van der Waals surface area contributed by atoms with Crippen LogP contribution in [0.4, 0.5) is 0 Å². The Bertz CT molecular complexity index is 781. The molecule has 114 valence electrons. The first kappa shape index (κ1) is 15.0. The lowest BCUT2D eigenvalue weighted by Gasteiger charge is -2.18. The maximum Gasteiger partial charge on any atom is 0.253 e. The molecular formula is C21H19NO. The van der Waals surface area contributed by atoms with E-state index in [0.717, 1.165) is 16.7 Å². The predicted octanol–water partition coefficient (Wildman–Crippen LogP) is 4.63. The molecule has 1 amide bonds. The van der Waals surface area contributed by atoms with Crippen LogP contribution >= 0.6 is 0 Å². The molecule has 0 unspecified atom stereocenters. The van der Waals surface area contributed by atoms with Crippen molar-refractivity contribution in [2.75, 3.05) is 7.05 Å². The van der Waals surface area contributed by atoms with Crippen LogP contribution in [-0.2, 0) is 6.54 Å². The van der Waals surface area contributed by atoms with Gasteiger partial charge in [0.15, 0.2) is 0 Å². The first-order chi connectivity index (χ1) is 11.2. The molecule has 0 aliphatic heterocycles. The normalized spacial score (nSPS) is 10.3. The highest BCUT2D eigenvalue weighted by molar-refractivity contribution is 5.95. The van der Waals surface area contributed by atoms with Gasteiger partial charge in [0.1, 0.15) is 0 Å². The zero-order chi connectivity index (χ0) is 16.1. The van der Waals surface area contributed by atoms with Crippen LogP contribution < -0.4 is 0 Å². The Kier molecular flexibility index (Phi) is 4.53. The standard InChI is InChI=1S/C21H19NO/c1-22(16-17-9-4-2-5-10-17)21(23)20-14-8-13-19(15-20)18-11-6-3-7-12-18/h2-15H,16H2,1H3. The van der Waals surface area contributed by atoms with Gasteiger partial charge in [-0.15, -0.1) is 0 Å². The number of nitrogens with zero attached hydrogens (tertiary/aromatic N) is 1. The fourth-order valence-corrected chi connectivity index (χ4v) is 2.61. The lowest BCUT2D eigenvalue weighted by atomic mass is 10.0. The molecule has 3 rings (SSSR count). The molecule has 0 saturated heterocycles. The first-order valence-corrected chi connectivity index (χ1v) is 7.69. The molecular weight excluding hydrogens is 282 g/mol. The largest absolute Gasteiger partial charge is 0.337 e. The Morgan fingerprint density at radius 2 is 1.39 bits per heavy atom. The van der Waals surface area contributed by atoms with Crippen LogP contribution in [0.15, 0.2) is 84.9 Å². The lowest BCUT2D eigenvalue weighted by Crippen LogP contribution is -2.26. The van der Waals surface area contributed by atoms with Crippen molar-refractivity contribution in [1.82, 2.24) is 4.90 Å². The number of amides is 1. The van der Waals surface area contributed by atoms with E-state index in [1.54, 1.807) is 4.90 Å². The third kappa shape index (κ3) is 3.67. The second-order valence-electron chi connectivity index (χ2n) is 5.59. The number of hydrogen-bond donors (Lipinski definition) is 0. The quantitative estimate of drug-likeness (QED) is 0.688. The lowest BCUT2D eigenvalue weighted by molar-refractivity contribution is 0.0785. The summed E-state index contributed by atoms with van der Waals surface area (Å²) in [6.07, 6.45) is 0. The summed E-state index contributed by atoms with van der Waals surface area (Å²) in [5.74, 6) is 0.0339. The summed E-state index contributed by atoms with van der Waals surface area (Å²) < 4.78 is 0. The average Bonchev–Trinajstić information content (AvgIpc) is 2.63. The fraction of sp³-hybridized carbons (Fsp3) is 0.0952. The van der Waals surface area contributed by atoms with Gasteiger partial charge in [-0.2, -0.15) is 0 Å². The summed E-state index contributed by atoms with van der Waals surface area (Å²) in [6, 6.07) is 27.9. The zero-order valence-electron chi connectivity index (χ0n) is 13.1. The van der Waals surface area contributed by atoms with Gasteiger partial charge < -0.3 is 4.90 Å². The van der Waals surface area contributed by atoms with Gasteiger partial charge in [-0.3, -0.25) is 4.79 Å². The van der Waals surface area contributed by atoms with Gasteiger partial charge in [0.2, 0.25) is 0 Å². The van der Waals surface area contributed by atoms with Crippen LogP contribution in [0.1, 0.15) is 15.9 Å². The summed E-state index contributed by atoms with van der Waals surface area (Å²) in [5.41, 5.74) is 4.02. The summed E-state index contributed by atoms with van der Waals surface area (Å²) in [5, 5.41) is 0. The maximum atomic E-state index is 12.7. The van der Waals surface area contributed by atoms with E-state index in [0.29, 0.717) is 12.1 Å². The minimum atomic E-state index is 0.0339. The van der Waals surface area contributed by atoms with E-state index in [-0.39, 0.29) is 5.91 Å². The molecule has 0 fully saturated rings. The van der Waals surface area contributed by atoms with Crippen molar-refractivity contribution >= 4 is 5.91 Å². The molecule has 0 radical (unpaired) electrons. The van der Waals surface area contributed by atoms with Gasteiger partial charge in [0, 0.05) is 19.2 Å². The molecule has 23 heavy (non-hydrogen) atoms. The third-order valence-electron chi connectivity index (χ3n) is 3.83. The topological polar surface area (TPSA) is 20.3 Å². The number of carbonyl (C=O) groups excluding carboxylic acids is 1. The summed E-state index contributed by atoms with van der Waals surface area (Å²) in [7, 11) is 1.84. The summed E-state index contributed by atoms with van der Waals surface area (Å²) >= 11 is 0. The Morgan fingerprint density at radius 3 is 2.09 bits per heavy atom. The zero-order valence-corrected chi connectivity index (χ0v) is 13.1. The van der Waals surface area contributed by atoms with Crippen molar-refractivity contribution in [3.05, 3.63) is 96.1 Å². The summed E-state index contributed by atoms with van der Waals surface area (Å²) in [6.45, 7) is 0.606. The van der Waals surface area contributed by atoms with Crippen molar-refractivity contribution in [2.24, 2.45) is 0 Å². The molecule has 0 heterocycles. The van der Waals surface area contributed by atoms with E-state index in [9.17, 15) is 4.79 Å². The van der Waals surface area contributed by atoms with Crippen molar-refractivity contribution in [2.45, 2.75) is 6.54 Å². The average molecular weight is 301 g/mol. The Balaban J connectivity index is 1.80. The Morgan fingerprint density at radius 1 is 0.783 bits per heavy atom. The van der Waals surface area contributed by atoms with E-state index in [4.69, 9.17) is 0 Å². The van der Waals surface area contributed by atoms with Crippen LogP contribution in [0.2, 0.25) is 0 Å². The molecule has 0 saturated carbocycles. The van der Waals surface area contributed by atoms with E-state index in [1.807, 2.05) is 79.8 Å². The van der Waals surface area contributed by atoms with Crippen molar-refractivity contribution < 1.29 is 4.79 Å². The molecule has 0 N–H and O–H groups in total. The van der Waals surface area contributed by atoms with Crippen molar-refractivity contribution in [3.8, 4) is 11.1 Å². The molecule has 0 aromatic heterocycles. The molecule has 0 atom stereocenters. The van der Waals surface area contributed by atoms with Crippen LogP contribution in [-0.4, -0.2) is 17.9 Å². The van der Waals surface area contributed by atoms with Crippen LogP contribution in [0, 0.1) is 0 Å². The van der Waals surface area contributed by atoms with E-state index >= 15 is 0 Å². The monoisotopic (exact) mass is 301 g/mol. The van der Waals surface area contributed by atoms with Gasteiger partial charge in [-0.05, 0) is 28.8 Å². The second-order valence-corrected chi connectivity index (χ2v) is 5.59. The molecule has 3 aromatic carbocycles. The van der Waals surface area contributed by atoms with E-state index < -0.39 is 0 Å². The Labute approximate surface area is 137 Å². The summed E-state index contributed by atoms with van der Waals surface area (Å²) in [4.78, 5) is 14.4. The number of carbonyl (C=O) groups is 1. The van der Waals surface area contributed by atoms with Crippen LogP contribution in [0.5, 0.6) is 0 Å². The molecule has 3 aromatic rings. The minimum absolute atomic E-state index is 0.0339. The third-order valence-corrected chi connectivity index (χ3v) is 3.83. The van der Waals surface area contributed by atoms with Gasteiger partial charge in [-0.25, -0.2) is 0 Å². The molecule has 0 spiro atoms. The van der Waals surface area contributed by atoms with Crippen molar-refractivity contribution in [1.29, 1.82) is 0 Å². The molecule has 0 aliphatic carbocycles. The maximum absolute atomic E-state index is 12.7. The number of hydrogen-bond acceptors (Lipinski definition) is 1. The Hall–Kier alpha value is -2.87. The first-order valence-electron chi connectivity index (χ1n) is 7.69. The molecule has 2 heteroatoms. The number of benzene rings is 3. The van der Waals surface area contributed by atoms with E-state index in [1.165, 1.54) is 0 Å².